The Morgan fingerprint density at radius 2 is 1.42 bits per heavy atom. The molecule has 0 bridgehead atoms. The third-order valence-electron chi connectivity index (χ3n) is 4.99. The Bertz CT molecular complexity index is 872. The van der Waals surface area contributed by atoms with E-state index in [0.29, 0.717) is 19.4 Å². The van der Waals surface area contributed by atoms with Crippen LogP contribution < -0.4 is 16.0 Å². The molecule has 0 radical (unpaired) electrons. The monoisotopic (exact) mass is 453 g/mol. The summed E-state index contributed by atoms with van der Waals surface area (Å²) in [5.74, 6) is -0.506. The average molecular weight is 454 g/mol. The van der Waals surface area contributed by atoms with Gasteiger partial charge in [-0.3, -0.25) is 9.59 Å². The summed E-state index contributed by atoms with van der Waals surface area (Å²) < 4.78 is 5.28. The van der Waals surface area contributed by atoms with Gasteiger partial charge in [0.05, 0.1) is 0 Å². The molecule has 2 aromatic rings. The number of rotatable bonds is 12. The number of nitrogens with one attached hydrogen (secondary N) is 3. The zero-order valence-corrected chi connectivity index (χ0v) is 19.7. The molecule has 2 atom stereocenters. The molecule has 2 aromatic carbocycles. The van der Waals surface area contributed by atoms with E-state index in [-0.39, 0.29) is 18.4 Å². The molecule has 0 aliphatic carbocycles. The van der Waals surface area contributed by atoms with E-state index in [1.165, 1.54) is 0 Å². The molecule has 2 unspecified atom stereocenters. The molecule has 0 saturated heterocycles. The predicted octanol–water partition coefficient (Wildman–Crippen LogP) is 3.58. The lowest BCUT2D eigenvalue weighted by molar-refractivity contribution is -0.130. The maximum Gasteiger partial charge on any atom is 0.408 e. The largest absolute Gasteiger partial charge is 0.445 e. The summed E-state index contributed by atoms with van der Waals surface area (Å²) in [6.45, 7) is 6.53. The number of benzene rings is 2. The molecule has 0 spiro atoms. The fourth-order valence-electron chi connectivity index (χ4n) is 3.31. The molecule has 0 aliphatic rings. The third-order valence-corrected chi connectivity index (χ3v) is 4.99. The molecule has 178 valence electrons. The van der Waals surface area contributed by atoms with Crippen LogP contribution in [0.15, 0.2) is 60.7 Å². The lowest BCUT2D eigenvalue weighted by Crippen LogP contribution is -2.54. The molecule has 0 saturated carbocycles. The first-order valence-corrected chi connectivity index (χ1v) is 11.5. The molecule has 7 heteroatoms. The highest BCUT2D eigenvalue weighted by molar-refractivity contribution is 5.91. The average Bonchev–Trinajstić information content (AvgIpc) is 2.81. The van der Waals surface area contributed by atoms with Gasteiger partial charge in [-0.05, 0) is 29.9 Å². The van der Waals surface area contributed by atoms with Crippen molar-refractivity contribution >= 4 is 17.9 Å². The van der Waals surface area contributed by atoms with Crippen LogP contribution in [0.25, 0.3) is 0 Å². The van der Waals surface area contributed by atoms with Gasteiger partial charge in [-0.1, -0.05) is 81.4 Å². The minimum absolute atomic E-state index is 0.110. The fraction of sp³-hybridized carbons (Fsp3) is 0.423. The summed E-state index contributed by atoms with van der Waals surface area (Å²) in [5, 5.41) is 8.35. The van der Waals surface area contributed by atoms with Gasteiger partial charge in [0.15, 0.2) is 0 Å². The molecule has 0 aromatic heterocycles. The normalized spacial score (nSPS) is 12.5. The Morgan fingerprint density at radius 3 is 2.00 bits per heavy atom. The molecule has 3 amide bonds. The highest BCUT2D eigenvalue weighted by Crippen LogP contribution is 2.09. The van der Waals surface area contributed by atoms with Gasteiger partial charge >= 0.3 is 6.09 Å². The molecule has 0 heterocycles. The summed E-state index contributed by atoms with van der Waals surface area (Å²) in [6, 6.07) is 17.3. The first-order chi connectivity index (χ1) is 15.9. The van der Waals surface area contributed by atoms with Crippen LogP contribution in [-0.4, -0.2) is 36.5 Å². The summed E-state index contributed by atoms with van der Waals surface area (Å²) in [6.07, 6.45) is 0.896. The van der Waals surface area contributed by atoms with Crippen LogP contribution in [0.1, 0.15) is 44.7 Å². The molecule has 2 rings (SSSR count). The molecule has 0 fully saturated rings. The second-order valence-corrected chi connectivity index (χ2v) is 8.43. The van der Waals surface area contributed by atoms with Gasteiger partial charge in [0.1, 0.15) is 18.7 Å². The van der Waals surface area contributed by atoms with E-state index in [1.807, 2.05) is 81.4 Å². The molecule has 7 nitrogen and oxygen atoms in total. The standard InChI is InChI=1S/C26H35N3O4/c1-4-15-27-24(30)23(17-20-11-7-5-8-12-20)28-25(31)22(16-19(2)3)29-26(32)33-18-21-13-9-6-10-14-21/h5-14,19,22-23H,4,15-18H2,1-3H3,(H,27,30)(H,28,31)(H,29,32). The number of hydrogen-bond donors (Lipinski definition) is 3. The van der Waals surface area contributed by atoms with Gasteiger partial charge in [0.25, 0.3) is 0 Å². The molecule has 33 heavy (non-hydrogen) atoms. The van der Waals surface area contributed by atoms with E-state index in [4.69, 9.17) is 4.74 Å². The highest BCUT2D eigenvalue weighted by Gasteiger charge is 2.28. The maximum atomic E-state index is 13.1. The van der Waals surface area contributed by atoms with Crippen molar-refractivity contribution in [3.8, 4) is 0 Å². The Balaban J connectivity index is 2.04. The van der Waals surface area contributed by atoms with E-state index >= 15 is 0 Å². The highest BCUT2D eigenvalue weighted by atomic mass is 16.5. The zero-order valence-electron chi connectivity index (χ0n) is 19.7. The number of amides is 3. The molecule has 0 aliphatic heterocycles. The van der Waals surface area contributed by atoms with E-state index in [2.05, 4.69) is 16.0 Å². The van der Waals surface area contributed by atoms with Crippen molar-refractivity contribution in [2.45, 2.75) is 58.7 Å². The van der Waals surface area contributed by atoms with E-state index in [9.17, 15) is 14.4 Å². The van der Waals surface area contributed by atoms with Gasteiger partial charge < -0.3 is 20.7 Å². The number of carbonyl (C=O) groups excluding carboxylic acids is 3. The van der Waals surface area contributed by atoms with Crippen LogP contribution >= 0.6 is 0 Å². The van der Waals surface area contributed by atoms with Crippen molar-refractivity contribution in [2.24, 2.45) is 5.92 Å². The van der Waals surface area contributed by atoms with Crippen LogP contribution in [0.4, 0.5) is 4.79 Å². The Labute approximate surface area is 196 Å². The fourth-order valence-corrected chi connectivity index (χ4v) is 3.31. The lowest BCUT2D eigenvalue weighted by atomic mass is 10.0. The number of alkyl carbamates (subject to hydrolysis) is 1. The number of hydrogen-bond acceptors (Lipinski definition) is 4. The van der Waals surface area contributed by atoms with E-state index < -0.39 is 24.1 Å². The van der Waals surface area contributed by atoms with Crippen LogP contribution in [0.2, 0.25) is 0 Å². The Morgan fingerprint density at radius 1 is 0.818 bits per heavy atom. The first-order valence-electron chi connectivity index (χ1n) is 11.5. The Kier molecular flexibility index (Phi) is 10.9. The van der Waals surface area contributed by atoms with Crippen molar-refractivity contribution in [1.82, 2.24) is 16.0 Å². The van der Waals surface area contributed by atoms with Gasteiger partial charge in [0, 0.05) is 13.0 Å². The van der Waals surface area contributed by atoms with Crippen molar-refractivity contribution in [3.05, 3.63) is 71.8 Å². The van der Waals surface area contributed by atoms with Crippen LogP contribution in [0, 0.1) is 5.92 Å². The third kappa shape index (κ3) is 9.76. The minimum atomic E-state index is -0.814. The second-order valence-electron chi connectivity index (χ2n) is 8.43. The quantitative estimate of drug-likeness (QED) is 0.458. The second kappa shape index (κ2) is 13.9. The summed E-state index contributed by atoms with van der Waals surface area (Å²) in [7, 11) is 0. The summed E-state index contributed by atoms with van der Waals surface area (Å²) in [5.41, 5.74) is 1.79. The SMILES string of the molecule is CCCNC(=O)C(Cc1ccccc1)NC(=O)C(CC(C)C)NC(=O)OCc1ccccc1. The van der Waals surface area contributed by atoms with Crippen LogP contribution in [0.5, 0.6) is 0 Å². The summed E-state index contributed by atoms with van der Waals surface area (Å²) >= 11 is 0. The van der Waals surface area contributed by atoms with Crippen LogP contribution in [0.3, 0.4) is 0 Å². The lowest BCUT2D eigenvalue weighted by Gasteiger charge is -2.24. The summed E-state index contributed by atoms with van der Waals surface area (Å²) in [4.78, 5) is 38.2. The van der Waals surface area contributed by atoms with Crippen molar-refractivity contribution in [1.29, 1.82) is 0 Å². The maximum absolute atomic E-state index is 13.1. The predicted molar refractivity (Wildman–Crippen MR) is 128 cm³/mol. The van der Waals surface area contributed by atoms with E-state index in [1.54, 1.807) is 0 Å². The first kappa shape index (κ1) is 25.9. The molecular weight excluding hydrogens is 418 g/mol. The van der Waals surface area contributed by atoms with Crippen LogP contribution in [-0.2, 0) is 27.4 Å². The number of ether oxygens (including phenoxy) is 1. The van der Waals surface area contributed by atoms with Gasteiger partial charge in [-0.15, -0.1) is 0 Å². The van der Waals surface area contributed by atoms with Crippen molar-refractivity contribution in [3.63, 3.8) is 0 Å². The van der Waals surface area contributed by atoms with Crippen molar-refractivity contribution in [2.75, 3.05) is 6.54 Å². The van der Waals surface area contributed by atoms with Crippen molar-refractivity contribution < 1.29 is 19.1 Å². The van der Waals surface area contributed by atoms with E-state index in [0.717, 1.165) is 17.5 Å². The topological polar surface area (TPSA) is 96.5 Å². The van der Waals surface area contributed by atoms with Gasteiger partial charge in [0.2, 0.25) is 11.8 Å². The Hall–Kier alpha value is -3.35. The minimum Gasteiger partial charge on any atom is -0.445 e. The smallest absolute Gasteiger partial charge is 0.408 e. The van der Waals surface area contributed by atoms with Gasteiger partial charge in [-0.2, -0.15) is 0 Å². The molecular formula is C26H35N3O4. The number of carbonyl (C=O) groups is 3. The van der Waals surface area contributed by atoms with Gasteiger partial charge in [-0.25, -0.2) is 4.79 Å². The molecule has 3 N–H and O–H groups in total. The zero-order chi connectivity index (χ0) is 24.1.